The monoisotopic (exact) mass is 415 g/mol. The standard InChI is InChI=1S/C20H29N7OS/c1-26-20(27-10-5-8-14(21)9-11-27)15(12-23-26)24-18(28)16-17(22)29-19(25-16)13-6-3-2-4-7-13/h6,12,14H,2-5,7-11,21-22H2,1H3,(H,24,28). The van der Waals surface area contributed by atoms with Crippen LogP contribution in [0.1, 0.15) is 60.4 Å². The average Bonchev–Trinajstić information content (AvgIpc) is 3.20. The van der Waals surface area contributed by atoms with E-state index in [9.17, 15) is 4.79 Å². The van der Waals surface area contributed by atoms with Gasteiger partial charge in [-0.3, -0.25) is 9.48 Å². The summed E-state index contributed by atoms with van der Waals surface area (Å²) in [5.41, 5.74) is 14.4. The van der Waals surface area contributed by atoms with Crippen LogP contribution in [0.4, 0.5) is 16.5 Å². The summed E-state index contributed by atoms with van der Waals surface area (Å²) in [4.78, 5) is 19.8. The molecular weight excluding hydrogens is 386 g/mol. The number of anilines is 3. The molecule has 3 heterocycles. The molecule has 156 valence electrons. The number of amides is 1. The highest BCUT2D eigenvalue weighted by Gasteiger charge is 2.24. The molecule has 0 radical (unpaired) electrons. The maximum Gasteiger partial charge on any atom is 0.277 e. The number of nitrogens with one attached hydrogen (secondary N) is 1. The van der Waals surface area contributed by atoms with Gasteiger partial charge in [0.05, 0.1) is 6.20 Å². The molecule has 0 spiro atoms. The first-order chi connectivity index (χ1) is 14.0. The zero-order valence-electron chi connectivity index (χ0n) is 16.9. The molecule has 2 aromatic heterocycles. The van der Waals surface area contributed by atoms with Crippen LogP contribution in [-0.2, 0) is 7.05 Å². The molecule has 0 bridgehead atoms. The van der Waals surface area contributed by atoms with E-state index in [-0.39, 0.29) is 11.9 Å². The van der Waals surface area contributed by atoms with E-state index in [4.69, 9.17) is 11.5 Å². The van der Waals surface area contributed by atoms with Gasteiger partial charge in [-0.25, -0.2) is 4.98 Å². The number of nitrogens with zero attached hydrogens (tertiary/aromatic N) is 4. The highest BCUT2D eigenvalue weighted by atomic mass is 32.1. The highest BCUT2D eigenvalue weighted by Crippen LogP contribution is 2.34. The van der Waals surface area contributed by atoms with Gasteiger partial charge in [0.25, 0.3) is 5.91 Å². The molecule has 1 unspecified atom stereocenters. The van der Waals surface area contributed by atoms with Crippen LogP contribution in [0.15, 0.2) is 12.3 Å². The lowest BCUT2D eigenvalue weighted by Gasteiger charge is -2.24. The maximum absolute atomic E-state index is 13.0. The summed E-state index contributed by atoms with van der Waals surface area (Å²) in [6, 6.07) is 0.230. The Morgan fingerprint density at radius 2 is 2.14 bits per heavy atom. The van der Waals surface area contributed by atoms with Crippen molar-refractivity contribution in [2.24, 2.45) is 12.8 Å². The van der Waals surface area contributed by atoms with Crippen LogP contribution in [0.5, 0.6) is 0 Å². The molecule has 1 amide bonds. The summed E-state index contributed by atoms with van der Waals surface area (Å²) in [6.45, 7) is 1.74. The largest absolute Gasteiger partial charge is 0.389 e. The minimum Gasteiger partial charge on any atom is -0.389 e. The number of nitrogen functional groups attached to an aromatic ring is 1. The number of aryl methyl sites for hydroxylation is 1. The molecular formula is C20H29N7OS. The topological polar surface area (TPSA) is 115 Å². The van der Waals surface area contributed by atoms with E-state index in [1.165, 1.54) is 23.3 Å². The molecule has 1 atom stereocenters. The fourth-order valence-electron chi connectivity index (χ4n) is 4.07. The van der Waals surface area contributed by atoms with Gasteiger partial charge in [-0.15, -0.1) is 0 Å². The normalized spacial score (nSPS) is 20.3. The molecule has 4 rings (SSSR count). The zero-order valence-corrected chi connectivity index (χ0v) is 17.7. The smallest absolute Gasteiger partial charge is 0.277 e. The second kappa shape index (κ2) is 8.54. The predicted molar refractivity (Wildman–Crippen MR) is 118 cm³/mol. The van der Waals surface area contributed by atoms with Crippen LogP contribution in [0, 0.1) is 0 Å². The summed E-state index contributed by atoms with van der Waals surface area (Å²) in [6.07, 6.45) is 11.3. The van der Waals surface area contributed by atoms with Crippen molar-refractivity contribution in [2.75, 3.05) is 29.0 Å². The number of allylic oxidation sites excluding steroid dienone is 2. The number of thiazole rings is 1. The van der Waals surface area contributed by atoms with Gasteiger partial charge < -0.3 is 21.7 Å². The Morgan fingerprint density at radius 3 is 2.93 bits per heavy atom. The molecule has 0 saturated carbocycles. The second-order valence-corrected chi connectivity index (χ2v) is 8.88. The van der Waals surface area contributed by atoms with Crippen LogP contribution in [0.3, 0.4) is 0 Å². The molecule has 5 N–H and O–H groups in total. The number of rotatable bonds is 4. The van der Waals surface area contributed by atoms with E-state index >= 15 is 0 Å². The van der Waals surface area contributed by atoms with Crippen molar-refractivity contribution in [3.05, 3.63) is 23.0 Å². The Balaban J connectivity index is 1.54. The van der Waals surface area contributed by atoms with Crippen LogP contribution in [0.25, 0.3) is 5.57 Å². The Kier molecular flexibility index (Phi) is 5.86. The number of aromatic nitrogens is 3. The fraction of sp³-hybridized carbons (Fsp3) is 0.550. The van der Waals surface area contributed by atoms with E-state index in [1.807, 2.05) is 7.05 Å². The van der Waals surface area contributed by atoms with E-state index in [2.05, 4.69) is 26.4 Å². The fourth-order valence-corrected chi connectivity index (χ4v) is 4.97. The van der Waals surface area contributed by atoms with Gasteiger partial charge in [0.1, 0.15) is 15.7 Å². The minimum atomic E-state index is -0.290. The number of carbonyl (C=O) groups is 1. The molecule has 9 heteroatoms. The van der Waals surface area contributed by atoms with E-state index in [0.717, 1.165) is 62.4 Å². The summed E-state index contributed by atoms with van der Waals surface area (Å²) in [5.74, 6) is 0.610. The van der Waals surface area contributed by atoms with E-state index in [0.29, 0.717) is 16.4 Å². The summed E-state index contributed by atoms with van der Waals surface area (Å²) < 4.78 is 1.80. The van der Waals surface area contributed by atoms with Gasteiger partial charge in [0, 0.05) is 26.2 Å². The van der Waals surface area contributed by atoms with Gasteiger partial charge in [-0.05, 0) is 50.5 Å². The first-order valence-electron chi connectivity index (χ1n) is 10.3. The predicted octanol–water partition coefficient (Wildman–Crippen LogP) is 2.99. The van der Waals surface area contributed by atoms with E-state index in [1.54, 1.807) is 10.9 Å². The van der Waals surface area contributed by atoms with Crippen LogP contribution in [0.2, 0.25) is 0 Å². The number of hydrogen-bond donors (Lipinski definition) is 3. The number of nitrogens with two attached hydrogens (primary N) is 2. The van der Waals surface area contributed by atoms with Gasteiger partial charge in [-0.1, -0.05) is 17.4 Å². The van der Waals surface area contributed by atoms with Crippen molar-refractivity contribution in [3.8, 4) is 0 Å². The first-order valence-corrected chi connectivity index (χ1v) is 11.1. The van der Waals surface area contributed by atoms with Crippen molar-refractivity contribution < 1.29 is 4.79 Å². The van der Waals surface area contributed by atoms with Crippen molar-refractivity contribution in [1.29, 1.82) is 0 Å². The molecule has 1 fully saturated rings. The Bertz CT molecular complexity index is 916. The summed E-state index contributed by atoms with van der Waals surface area (Å²) in [7, 11) is 1.89. The molecule has 1 saturated heterocycles. The molecule has 1 aliphatic heterocycles. The van der Waals surface area contributed by atoms with Crippen LogP contribution >= 0.6 is 11.3 Å². The lowest BCUT2D eigenvalue weighted by molar-refractivity contribution is 0.102. The quantitative estimate of drug-likeness (QED) is 0.707. The first kappa shape index (κ1) is 19.9. The lowest BCUT2D eigenvalue weighted by Crippen LogP contribution is -2.29. The maximum atomic E-state index is 13.0. The Morgan fingerprint density at radius 1 is 1.28 bits per heavy atom. The third-order valence-electron chi connectivity index (χ3n) is 5.66. The lowest BCUT2D eigenvalue weighted by atomic mass is 10.0. The zero-order chi connectivity index (χ0) is 20.4. The van der Waals surface area contributed by atoms with Crippen molar-refractivity contribution in [1.82, 2.24) is 14.8 Å². The van der Waals surface area contributed by atoms with Crippen LogP contribution in [-0.4, -0.2) is 39.8 Å². The molecule has 29 heavy (non-hydrogen) atoms. The minimum absolute atomic E-state index is 0.230. The highest BCUT2D eigenvalue weighted by molar-refractivity contribution is 7.17. The Labute approximate surface area is 175 Å². The summed E-state index contributed by atoms with van der Waals surface area (Å²) >= 11 is 1.39. The third kappa shape index (κ3) is 4.30. The SMILES string of the molecule is Cn1ncc(NC(=O)c2nc(C3=CCCCC3)sc2N)c1N1CCCC(N)CC1. The molecule has 0 aromatic carbocycles. The average molecular weight is 416 g/mol. The van der Waals surface area contributed by atoms with Crippen molar-refractivity contribution in [2.45, 2.75) is 51.0 Å². The van der Waals surface area contributed by atoms with Gasteiger partial charge in [0.2, 0.25) is 0 Å². The van der Waals surface area contributed by atoms with Gasteiger partial charge in [0.15, 0.2) is 11.5 Å². The van der Waals surface area contributed by atoms with Crippen LogP contribution < -0.4 is 21.7 Å². The number of hydrogen-bond acceptors (Lipinski definition) is 7. The van der Waals surface area contributed by atoms with Gasteiger partial charge in [-0.2, -0.15) is 5.10 Å². The van der Waals surface area contributed by atoms with Gasteiger partial charge >= 0.3 is 0 Å². The molecule has 2 aliphatic rings. The number of carbonyl (C=O) groups excluding carboxylic acids is 1. The second-order valence-electron chi connectivity index (χ2n) is 7.84. The molecule has 1 aliphatic carbocycles. The Hall–Kier alpha value is -2.39. The van der Waals surface area contributed by atoms with Crippen molar-refractivity contribution in [3.63, 3.8) is 0 Å². The summed E-state index contributed by atoms with van der Waals surface area (Å²) in [5, 5.41) is 8.66. The van der Waals surface area contributed by atoms with Crippen molar-refractivity contribution >= 4 is 39.3 Å². The van der Waals surface area contributed by atoms with E-state index < -0.39 is 0 Å². The molecule has 8 nitrogen and oxygen atoms in total. The molecule has 2 aromatic rings. The third-order valence-corrected chi connectivity index (χ3v) is 6.62.